The topological polar surface area (TPSA) is 71.0 Å². The zero-order valence-electron chi connectivity index (χ0n) is 4.20. The molecule has 0 radical (unpaired) electrons. The third-order valence-corrected chi connectivity index (χ3v) is 0.428. The van der Waals surface area contributed by atoms with Gasteiger partial charge in [0.2, 0.25) is 0 Å². The number of nitrogens with zero attached hydrogens (tertiary/aromatic N) is 2. The minimum Gasteiger partial charge on any atom is -0.391 e. The van der Waals surface area contributed by atoms with E-state index in [1.54, 1.807) is 6.92 Å². The Balaban J connectivity index is 2.97. The molecular formula is C3H9N3O. The Bertz CT molecular complexity index is 61.2. The highest BCUT2D eigenvalue weighted by molar-refractivity contribution is 4.44. The lowest BCUT2D eigenvalue weighted by Gasteiger charge is -1.91. The Hall–Kier alpha value is -0.640. The third-order valence-electron chi connectivity index (χ3n) is 0.428. The number of aliphatic hydroxyl groups excluding tert-OH is 1. The standard InChI is InChI=1S/C3H9N3O/c1-3(7)2-5-6-4/h3,7H,2H2,1H3,(H2,4,5)/t3-/m1/s1. The molecule has 0 bridgehead atoms. The molecule has 0 heterocycles. The molecule has 0 aliphatic rings. The highest BCUT2D eigenvalue weighted by Gasteiger charge is 1.87. The molecule has 42 valence electrons. The molecule has 0 saturated heterocycles. The number of aliphatic hydroxyl groups is 1. The van der Waals surface area contributed by atoms with Gasteiger partial charge in [0.1, 0.15) is 0 Å². The fourth-order valence-electron chi connectivity index (χ4n) is 0.165. The van der Waals surface area contributed by atoms with E-state index in [9.17, 15) is 0 Å². The predicted octanol–water partition coefficient (Wildman–Crippen LogP) is -0.307. The summed E-state index contributed by atoms with van der Waals surface area (Å²) in [6.07, 6.45) is -0.438. The second kappa shape index (κ2) is 3.55. The molecular weight excluding hydrogens is 94.1 g/mol. The summed E-state index contributed by atoms with van der Waals surface area (Å²) in [5.74, 6) is 4.62. The fraction of sp³-hybridized carbons (Fsp3) is 1.00. The van der Waals surface area contributed by atoms with Gasteiger partial charge in [-0.3, -0.25) is 0 Å². The van der Waals surface area contributed by atoms with Crippen LogP contribution in [0.15, 0.2) is 10.3 Å². The molecule has 0 aromatic heterocycles. The van der Waals surface area contributed by atoms with E-state index < -0.39 is 6.10 Å². The average molecular weight is 103 g/mol. The molecule has 0 saturated carbocycles. The molecule has 0 aromatic carbocycles. The van der Waals surface area contributed by atoms with E-state index in [1.165, 1.54) is 0 Å². The van der Waals surface area contributed by atoms with Gasteiger partial charge in [-0.25, -0.2) is 0 Å². The van der Waals surface area contributed by atoms with Crippen LogP contribution in [0.2, 0.25) is 0 Å². The quantitative estimate of drug-likeness (QED) is 0.286. The first-order valence-corrected chi connectivity index (χ1v) is 2.02. The van der Waals surface area contributed by atoms with Gasteiger partial charge < -0.3 is 10.9 Å². The first kappa shape index (κ1) is 6.36. The fourth-order valence-corrected chi connectivity index (χ4v) is 0.165. The second-order valence-corrected chi connectivity index (χ2v) is 1.29. The molecule has 7 heavy (non-hydrogen) atoms. The van der Waals surface area contributed by atoms with Gasteiger partial charge >= 0.3 is 0 Å². The van der Waals surface area contributed by atoms with Crippen molar-refractivity contribution in [2.75, 3.05) is 6.54 Å². The van der Waals surface area contributed by atoms with Crippen LogP contribution in [0.4, 0.5) is 0 Å². The van der Waals surface area contributed by atoms with E-state index in [1.807, 2.05) is 0 Å². The van der Waals surface area contributed by atoms with E-state index >= 15 is 0 Å². The maximum absolute atomic E-state index is 8.47. The summed E-state index contributed by atoms with van der Waals surface area (Å²) >= 11 is 0. The molecule has 4 heteroatoms. The molecule has 1 atom stereocenters. The van der Waals surface area contributed by atoms with Crippen LogP contribution in [0.25, 0.3) is 0 Å². The van der Waals surface area contributed by atoms with Crippen LogP contribution in [0.1, 0.15) is 6.92 Å². The van der Waals surface area contributed by atoms with Crippen molar-refractivity contribution in [1.82, 2.24) is 0 Å². The van der Waals surface area contributed by atoms with Crippen LogP contribution in [-0.4, -0.2) is 17.8 Å². The van der Waals surface area contributed by atoms with Gasteiger partial charge in [-0.2, -0.15) is 5.11 Å². The maximum Gasteiger partial charge on any atom is 0.0876 e. The second-order valence-electron chi connectivity index (χ2n) is 1.29. The Morgan fingerprint density at radius 3 is 2.57 bits per heavy atom. The van der Waals surface area contributed by atoms with Crippen molar-refractivity contribution in [2.45, 2.75) is 13.0 Å². The Morgan fingerprint density at radius 2 is 2.43 bits per heavy atom. The lowest BCUT2D eigenvalue weighted by molar-refractivity contribution is 0.201. The van der Waals surface area contributed by atoms with Crippen LogP contribution in [-0.2, 0) is 0 Å². The molecule has 0 aliphatic carbocycles. The smallest absolute Gasteiger partial charge is 0.0876 e. The summed E-state index contributed by atoms with van der Waals surface area (Å²) in [6.45, 7) is 1.91. The third kappa shape index (κ3) is 5.36. The SMILES string of the molecule is C[C@@H](O)CN=NN. The van der Waals surface area contributed by atoms with Gasteiger partial charge in [0.15, 0.2) is 0 Å². The van der Waals surface area contributed by atoms with Gasteiger partial charge in [-0.05, 0) is 6.92 Å². The number of hydrogen-bond acceptors (Lipinski definition) is 3. The first-order chi connectivity index (χ1) is 3.27. The molecule has 0 rings (SSSR count). The average Bonchev–Trinajstić information content (AvgIpc) is 1.61. The van der Waals surface area contributed by atoms with E-state index in [0.717, 1.165) is 0 Å². The van der Waals surface area contributed by atoms with E-state index in [4.69, 9.17) is 5.11 Å². The van der Waals surface area contributed by atoms with E-state index in [-0.39, 0.29) is 6.54 Å². The van der Waals surface area contributed by atoms with E-state index in [0.29, 0.717) is 0 Å². The largest absolute Gasteiger partial charge is 0.391 e. The first-order valence-electron chi connectivity index (χ1n) is 2.02. The van der Waals surface area contributed by atoms with Crippen LogP contribution in [0, 0.1) is 0 Å². The molecule has 0 spiro atoms. The molecule has 0 amide bonds. The summed E-state index contributed by atoms with van der Waals surface area (Å²) in [7, 11) is 0. The van der Waals surface area contributed by atoms with Crippen molar-refractivity contribution >= 4 is 0 Å². The van der Waals surface area contributed by atoms with E-state index in [2.05, 4.69) is 16.2 Å². The zero-order chi connectivity index (χ0) is 5.70. The van der Waals surface area contributed by atoms with Gasteiger partial charge in [0.25, 0.3) is 0 Å². The summed E-state index contributed by atoms with van der Waals surface area (Å²) in [5, 5.41) is 14.7. The lowest BCUT2D eigenvalue weighted by Crippen LogP contribution is -2.03. The number of rotatable bonds is 2. The van der Waals surface area contributed by atoms with Crippen LogP contribution >= 0.6 is 0 Å². The number of hydrogen-bond donors (Lipinski definition) is 2. The Labute approximate surface area is 42.0 Å². The Morgan fingerprint density at radius 1 is 1.86 bits per heavy atom. The zero-order valence-corrected chi connectivity index (χ0v) is 4.20. The van der Waals surface area contributed by atoms with Crippen molar-refractivity contribution in [3.63, 3.8) is 0 Å². The maximum atomic E-state index is 8.47. The van der Waals surface area contributed by atoms with Crippen molar-refractivity contribution in [1.29, 1.82) is 0 Å². The van der Waals surface area contributed by atoms with Crippen LogP contribution in [0.3, 0.4) is 0 Å². The molecule has 0 aliphatic heterocycles. The van der Waals surface area contributed by atoms with Crippen molar-refractivity contribution in [2.24, 2.45) is 16.2 Å². The molecule has 4 nitrogen and oxygen atoms in total. The highest BCUT2D eigenvalue weighted by atomic mass is 16.3. The van der Waals surface area contributed by atoms with Crippen molar-refractivity contribution in [3.05, 3.63) is 0 Å². The summed E-state index contributed by atoms with van der Waals surface area (Å²) in [6, 6.07) is 0. The van der Waals surface area contributed by atoms with Gasteiger partial charge in [0, 0.05) is 0 Å². The summed E-state index contributed by atoms with van der Waals surface area (Å²) in [4.78, 5) is 0. The normalized spacial score (nSPS) is 15.1. The van der Waals surface area contributed by atoms with Crippen molar-refractivity contribution < 1.29 is 5.11 Å². The molecule has 0 fully saturated rings. The number of nitrogens with two attached hydrogens (primary N) is 1. The molecule has 0 unspecified atom stereocenters. The van der Waals surface area contributed by atoms with Gasteiger partial charge in [-0.15, -0.1) is 0 Å². The summed E-state index contributed by atoms with van der Waals surface area (Å²) < 4.78 is 0. The lowest BCUT2D eigenvalue weighted by atomic mass is 10.4. The Kier molecular flexibility index (Phi) is 3.22. The minimum atomic E-state index is -0.438. The molecule has 3 N–H and O–H groups in total. The van der Waals surface area contributed by atoms with Gasteiger partial charge in [-0.1, -0.05) is 5.22 Å². The summed E-state index contributed by atoms with van der Waals surface area (Å²) in [5.41, 5.74) is 0. The van der Waals surface area contributed by atoms with Crippen LogP contribution < -0.4 is 5.84 Å². The van der Waals surface area contributed by atoms with Crippen LogP contribution in [0.5, 0.6) is 0 Å². The molecule has 0 aromatic rings. The highest BCUT2D eigenvalue weighted by Crippen LogP contribution is 1.78. The minimum absolute atomic E-state index is 0.288. The predicted molar refractivity (Wildman–Crippen MR) is 25.6 cm³/mol. The monoisotopic (exact) mass is 103 g/mol. The van der Waals surface area contributed by atoms with Gasteiger partial charge in [0.05, 0.1) is 12.6 Å². The van der Waals surface area contributed by atoms with Crippen molar-refractivity contribution in [3.8, 4) is 0 Å².